The highest BCUT2D eigenvalue weighted by molar-refractivity contribution is 5.09. The Morgan fingerprint density at radius 2 is 2.54 bits per heavy atom. The summed E-state index contributed by atoms with van der Waals surface area (Å²) >= 11 is 0. The maximum atomic E-state index is 4.45. The van der Waals surface area contributed by atoms with Crippen molar-refractivity contribution < 1.29 is 0 Å². The number of rotatable bonds is 2. The van der Waals surface area contributed by atoms with Crippen molar-refractivity contribution in [1.82, 2.24) is 14.9 Å². The van der Waals surface area contributed by atoms with Gasteiger partial charge in [-0.05, 0) is 26.8 Å². The molecule has 0 saturated heterocycles. The molecule has 3 nitrogen and oxygen atoms in total. The summed E-state index contributed by atoms with van der Waals surface area (Å²) < 4.78 is 2.39. The Balaban J connectivity index is 2.32. The molecule has 13 heavy (non-hydrogen) atoms. The van der Waals surface area contributed by atoms with Gasteiger partial charge in [0.1, 0.15) is 5.82 Å². The van der Waals surface area contributed by atoms with Gasteiger partial charge in [-0.3, -0.25) is 0 Å². The van der Waals surface area contributed by atoms with Crippen LogP contribution in [0.5, 0.6) is 0 Å². The summed E-state index contributed by atoms with van der Waals surface area (Å²) in [5.41, 5.74) is 1.32. The summed E-state index contributed by atoms with van der Waals surface area (Å²) in [5, 5.41) is 3.18. The molecule has 72 valence electrons. The summed E-state index contributed by atoms with van der Waals surface area (Å²) in [6.45, 7) is 3.21. The summed E-state index contributed by atoms with van der Waals surface area (Å²) in [6, 6.07) is 0.634. The quantitative estimate of drug-likeness (QED) is 0.745. The number of fused-ring (bicyclic) bond motifs is 1. The van der Waals surface area contributed by atoms with Crippen molar-refractivity contribution in [3.8, 4) is 0 Å². The zero-order valence-corrected chi connectivity index (χ0v) is 8.38. The largest absolute Gasteiger partial charge is 0.328 e. The minimum Gasteiger partial charge on any atom is -0.328 e. The van der Waals surface area contributed by atoms with Crippen LogP contribution < -0.4 is 5.32 Å². The van der Waals surface area contributed by atoms with E-state index in [1.54, 1.807) is 0 Å². The van der Waals surface area contributed by atoms with Crippen LogP contribution in [0.4, 0.5) is 0 Å². The van der Waals surface area contributed by atoms with Crippen molar-refractivity contribution in [2.75, 3.05) is 7.05 Å². The average Bonchev–Trinajstić information content (AvgIpc) is 2.51. The Morgan fingerprint density at radius 1 is 1.69 bits per heavy atom. The van der Waals surface area contributed by atoms with Crippen LogP contribution in [-0.4, -0.2) is 16.6 Å². The molecule has 0 spiro atoms. The number of hydrogen-bond donors (Lipinski definition) is 1. The molecule has 0 fully saturated rings. The fraction of sp³-hybridized carbons (Fsp3) is 0.700. The highest BCUT2D eigenvalue weighted by atomic mass is 15.1. The molecule has 1 aliphatic heterocycles. The molecule has 2 rings (SSSR count). The molecule has 0 aromatic carbocycles. The predicted octanol–water partition coefficient (Wildman–Crippen LogP) is 1.50. The molecule has 0 radical (unpaired) electrons. The molecule has 1 aromatic heterocycles. The van der Waals surface area contributed by atoms with E-state index < -0.39 is 0 Å². The maximum Gasteiger partial charge on any atom is 0.109 e. The number of hydrogen-bond acceptors (Lipinski definition) is 2. The van der Waals surface area contributed by atoms with Gasteiger partial charge in [0.2, 0.25) is 0 Å². The lowest BCUT2D eigenvalue weighted by molar-refractivity contribution is 0.412. The van der Waals surface area contributed by atoms with E-state index in [0.29, 0.717) is 6.04 Å². The van der Waals surface area contributed by atoms with Gasteiger partial charge in [0.25, 0.3) is 0 Å². The molecule has 0 amide bonds. The molecular formula is C10H17N3. The highest BCUT2D eigenvalue weighted by Gasteiger charge is 2.18. The van der Waals surface area contributed by atoms with Gasteiger partial charge < -0.3 is 9.88 Å². The normalized spacial score (nSPS) is 21.5. The number of aromatic nitrogens is 2. The molecule has 1 aromatic rings. The summed E-state index contributed by atoms with van der Waals surface area (Å²) in [6.07, 6.45) is 5.74. The van der Waals surface area contributed by atoms with E-state index in [9.17, 15) is 0 Å². The van der Waals surface area contributed by atoms with E-state index in [-0.39, 0.29) is 0 Å². The van der Waals surface area contributed by atoms with Gasteiger partial charge in [0, 0.05) is 25.2 Å². The first-order chi connectivity index (χ1) is 6.33. The molecular weight excluding hydrogens is 162 g/mol. The number of nitrogens with zero attached hydrogens (tertiary/aromatic N) is 2. The topological polar surface area (TPSA) is 29.9 Å². The van der Waals surface area contributed by atoms with Gasteiger partial charge in [0.15, 0.2) is 0 Å². The van der Waals surface area contributed by atoms with E-state index >= 15 is 0 Å². The van der Waals surface area contributed by atoms with Gasteiger partial charge in [-0.1, -0.05) is 0 Å². The average molecular weight is 179 g/mol. The Labute approximate surface area is 79.2 Å². The Morgan fingerprint density at radius 3 is 3.31 bits per heavy atom. The molecule has 2 heterocycles. The van der Waals surface area contributed by atoms with Gasteiger partial charge in [-0.15, -0.1) is 0 Å². The van der Waals surface area contributed by atoms with Crippen molar-refractivity contribution in [3.63, 3.8) is 0 Å². The lowest BCUT2D eigenvalue weighted by Crippen LogP contribution is -2.19. The van der Waals surface area contributed by atoms with E-state index in [4.69, 9.17) is 0 Å². The standard InChI is InChI=1S/C10H17N3/c1-8-4-3-5-10-12-7-9(6-11-2)13(8)10/h7-8,11H,3-6H2,1-2H3. The summed E-state index contributed by atoms with van der Waals surface area (Å²) in [4.78, 5) is 4.45. The molecule has 0 saturated carbocycles. The van der Waals surface area contributed by atoms with Crippen molar-refractivity contribution in [1.29, 1.82) is 0 Å². The lowest BCUT2D eigenvalue weighted by atomic mass is 10.1. The van der Waals surface area contributed by atoms with E-state index in [1.807, 2.05) is 13.2 Å². The second-order valence-electron chi connectivity index (χ2n) is 3.81. The molecule has 1 atom stereocenters. The van der Waals surface area contributed by atoms with Crippen LogP contribution in [0.3, 0.4) is 0 Å². The molecule has 1 aliphatic rings. The minimum atomic E-state index is 0.634. The van der Waals surface area contributed by atoms with Gasteiger partial charge in [-0.2, -0.15) is 0 Å². The fourth-order valence-electron chi connectivity index (χ4n) is 2.16. The first-order valence-corrected chi connectivity index (χ1v) is 5.02. The molecule has 0 bridgehead atoms. The third-order valence-corrected chi connectivity index (χ3v) is 2.77. The monoisotopic (exact) mass is 179 g/mol. The van der Waals surface area contributed by atoms with E-state index in [0.717, 1.165) is 13.0 Å². The van der Waals surface area contributed by atoms with E-state index in [1.165, 1.54) is 24.4 Å². The van der Waals surface area contributed by atoms with Crippen LogP contribution >= 0.6 is 0 Å². The second-order valence-corrected chi connectivity index (χ2v) is 3.81. The van der Waals surface area contributed by atoms with Crippen molar-refractivity contribution in [2.24, 2.45) is 0 Å². The Kier molecular flexibility index (Phi) is 2.36. The summed E-state index contributed by atoms with van der Waals surface area (Å²) in [5.74, 6) is 1.27. The van der Waals surface area contributed by atoms with E-state index in [2.05, 4.69) is 21.8 Å². The van der Waals surface area contributed by atoms with Gasteiger partial charge in [0.05, 0.1) is 5.69 Å². The first kappa shape index (κ1) is 8.75. The molecule has 3 heteroatoms. The Hall–Kier alpha value is -0.830. The maximum absolute atomic E-state index is 4.45. The predicted molar refractivity (Wildman–Crippen MR) is 52.6 cm³/mol. The van der Waals surface area contributed by atoms with Gasteiger partial charge in [-0.25, -0.2) is 4.98 Å². The SMILES string of the molecule is CNCc1cnc2n1C(C)CCC2. The number of aryl methyl sites for hydroxylation is 1. The van der Waals surface area contributed by atoms with Crippen LogP contribution in [0.25, 0.3) is 0 Å². The van der Waals surface area contributed by atoms with Gasteiger partial charge >= 0.3 is 0 Å². The van der Waals surface area contributed by atoms with Crippen molar-refractivity contribution in [2.45, 2.75) is 38.8 Å². The van der Waals surface area contributed by atoms with Crippen molar-refractivity contribution in [3.05, 3.63) is 17.7 Å². The second kappa shape index (κ2) is 3.50. The molecule has 1 unspecified atom stereocenters. The zero-order chi connectivity index (χ0) is 9.26. The fourth-order valence-corrected chi connectivity index (χ4v) is 2.16. The van der Waals surface area contributed by atoms with Crippen LogP contribution in [-0.2, 0) is 13.0 Å². The Bertz CT molecular complexity index is 290. The molecule has 1 N–H and O–H groups in total. The van der Waals surface area contributed by atoms with Crippen LogP contribution in [0.1, 0.15) is 37.3 Å². The van der Waals surface area contributed by atoms with Crippen LogP contribution in [0.15, 0.2) is 6.20 Å². The number of nitrogens with one attached hydrogen (secondary N) is 1. The zero-order valence-electron chi connectivity index (χ0n) is 8.38. The third kappa shape index (κ3) is 1.48. The molecule has 0 aliphatic carbocycles. The highest BCUT2D eigenvalue weighted by Crippen LogP contribution is 2.25. The van der Waals surface area contributed by atoms with Crippen LogP contribution in [0, 0.1) is 0 Å². The third-order valence-electron chi connectivity index (χ3n) is 2.77. The smallest absolute Gasteiger partial charge is 0.109 e. The lowest BCUT2D eigenvalue weighted by Gasteiger charge is -2.23. The first-order valence-electron chi connectivity index (χ1n) is 5.02. The van der Waals surface area contributed by atoms with Crippen LogP contribution in [0.2, 0.25) is 0 Å². The minimum absolute atomic E-state index is 0.634. The number of imidazole rings is 1. The van der Waals surface area contributed by atoms with Crippen molar-refractivity contribution >= 4 is 0 Å². The summed E-state index contributed by atoms with van der Waals surface area (Å²) in [7, 11) is 1.98.